The first-order valence-corrected chi connectivity index (χ1v) is 12.0. The van der Waals surface area contributed by atoms with Gasteiger partial charge in [0.2, 0.25) is 10.0 Å². The lowest BCUT2D eigenvalue weighted by molar-refractivity contribution is 0.316. The quantitative estimate of drug-likeness (QED) is 0.489. The molecule has 0 saturated carbocycles. The maximum absolute atomic E-state index is 13.5. The van der Waals surface area contributed by atoms with Crippen LogP contribution < -0.4 is 0 Å². The summed E-state index contributed by atoms with van der Waals surface area (Å²) >= 11 is 0. The van der Waals surface area contributed by atoms with Gasteiger partial charge in [0.05, 0.1) is 11.4 Å². The minimum atomic E-state index is -3.53. The molecule has 0 N–H and O–H groups in total. The molecule has 0 atom stereocenters. The van der Waals surface area contributed by atoms with Crippen LogP contribution >= 0.6 is 0 Å². The Morgan fingerprint density at radius 2 is 1.41 bits per heavy atom. The lowest BCUT2D eigenvalue weighted by Gasteiger charge is -2.32. The van der Waals surface area contributed by atoms with E-state index in [1.165, 1.54) is 28.6 Å². The summed E-state index contributed by atoms with van der Waals surface area (Å²) in [4.78, 5) is 5.09. The molecule has 32 heavy (non-hydrogen) atoms. The van der Waals surface area contributed by atoms with Crippen molar-refractivity contribution >= 4 is 15.7 Å². The standard InChI is InChI=1S/C25H24F2N2O2S/c26-22-10-6-19(7-11-22)18-28-25(20-8-12-23(27)13-9-20)21-14-16-29(17-15-21)32(30,31)24-4-2-1-3-5-24/h1-13,21H,14-18H2. The van der Waals surface area contributed by atoms with Crippen molar-refractivity contribution in [1.29, 1.82) is 0 Å². The van der Waals surface area contributed by atoms with Crippen LogP contribution in [0.2, 0.25) is 0 Å². The zero-order valence-electron chi connectivity index (χ0n) is 17.5. The number of sulfonamides is 1. The highest BCUT2D eigenvalue weighted by atomic mass is 32.2. The second-order valence-electron chi connectivity index (χ2n) is 7.83. The van der Waals surface area contributed by atoms with Crippen LogP contribution in [0, 0.1) is 17.6 Å². The molecule has 166 valence electrons. The van der Waals surface area contributed by atoms with Crippen LogP contribution in [0.15, 0.2) is 88.8 Å². The number of halogens is 2. The fourth-order valence-corrected chi connectivity index (χ4v) is 5.44. The zero-order chi connectivity index (χ0) is 22.6. The van der Waals surface area contributed by atoms with Gasteiger partial charge in [-0.25, -0.2) is 17.2 Å². The third-order valence-electron chi connectivity index (χ3n) is 5.71. The van der Waals surface area contributed by atoms with E-state index in [9.17, 15) is 17.2 Å². The molecule has 1 heterocycles. The average Bonchev–Trinajstić information content (AvgIpc) is 2.82. The molecule has 4 rings (SSSR count). The van der Waals surface area contributed by atoms with Gasteiger partial charge in [0.15, 0.2) is 0 Å². The Kier molecular flexibility index (Phi) is 6.77. The Balaban J connectivity index is 1.54. The lowest BCUT2D eigenvalue weighted by atomic mass is 9.88. The molecule has 3 aromatic rings. The van der Waals surface area contributed by atoms with Gasteiger partial charge < -0.3 is 0 Å². The molecule has 0 radical (unpaired) electrons. The lowest BCUT2D eigenvalue weighted by Crippen LogP contribution is -2.40. The van der Waals surface area contributed by atoms with Gasteiger partial charge in [0, 0.05) is 24.7 Å². The number of aliphatic imine (C=N–C) groups is 1. The van der Waals surface area contributed by atoms with Crippen molar-refractivity contribution in [2.45, 2.75) is 24.3 Å². The van der Waals surface area contributed by atoms with Crippen molar-refractivity contribution in [1.82, 2.24) is 4.31 Å². The first kappa shape index (κ1) is 22.3. The molecular weight excluding hydrogens is 430 g/mol. The Labute approximate surface area is 187 Å². The van der Waals surface area contributed by atoms with Crippen molar-refractivity contribution in [3.8, 4) is 0 Å². The summed E-state index contributed by atoms with van der Waals surface area (Å²) in [5.74, 6) is -0.581. The number of hydrogen-bond acceptors (Lipinski definition) is 3. The number of hydrogen-bond donors (Lipinski definition) is 0. The highest BCUT2D eigenvalue weighted by molar-refractivity contribution is 7.89. The molecule has 0 bridgehead atoms. The van der Waals surface area contributed by atoms with Gasteiger partial charge in [-0.15, -0.1) is 0 Å². The van der Waals surface area contributed by atoms with E-state index < -0.39 is 10.0 Å². The Hall–Kier alpha value is -2.90. The predicted molar refractivity (Wildman–Crippen MR) is 121 cm³/mol. The van der Waals surface area contributed by atoms with E-state index in [0.717, 1.165) is 16.8 Å². The van der Waals surface area contributed by atoms with E-state index in [-0.39, 0.29) is 17.6 Å². The fourth-order valence-electron chi connectivity index (χ4n) is 3.95. The largest absolute Gasteiger partial charge is 0.284 e. The third kappa shape index (κ3) is 5.11. The summed E-state index contributed by atoms with van der Waals surface area (Å²) in [5, 5.41) is 0. The summed E-state index contributed by atoms with van der Waals surface area (Å²) in [7, 11) is -3.53. The van der Waals surface area contributed by atoms with Crippen LogP contribution in [0.5, 0.6) is 0 Å². The highest BCUT2D eigenvalue weighted by Crippen LogP contribution is 2.27. The van der Waals surface area contributed by atoms with E-state index in [1.807, 2.05) is 0 Å². The smallest absolute Gasteiger partial charge is 0.243 e. The van der Waals surface area contributed by atoms with Crippen LogP contribution in [0.25, 0.3) is 0 Å². The summed E-state index contributed by atoms with van der Waals surface area (Å²) in [6, 6.07) is 20.8. The maximum Gasteiger partial charge on any atom is 0.243 e. The maximum atomic E-state index is 13.5. The van der Waals surface area contributed by atoms with Gasteiger partial charge in [-0.3, -0.25) is 4.99 Å². The SMILES string of the molecule is O=S(=O)(c1ccccc1)N1CCC(C(=NCc2ccc(F)cc2)c2ccc(F)cc2)CC1. The van der Waals surface area contributed by atoms with Gasteiger partial charge in [-0.2, -0.15) is 4.31 Å². The van der Waals surface area contributed by atoms with E-state index in [0.29, 0.717) is 37.4 Å². The Bertz CT molecular complexity index is 1170. The van der Waals surface area contributed by atoms with Crippen molar-refractivity contribution in [3.63, 3.8) is 0 Å². The van der Waals surface area contributed by atoms with Gasteiger partial charge in [0.25, 0.3) is 0 Å². The molecule has 0 amide bonds. The van der Waals surface area contributed by atoms with Crippen molar-refractivity contribution < 1.29 is 17.2 Å². The normalized spacial score (nSPS) is 16.2. The second-order valence-corrected chi connectivity index (χ2v) is 9.76. The molecule has 1 aliphatic heterocycles. The first-order chi connectivity index (χ1) is 15.4. The average molecular weight is 455 g/mol. The fraction of sp³-hybridized carbons (Fsp3) is 0.240. The van der Waals surface area contributed by atoms with Gasteiger partial charge >= 0.3 is 0 Å². The Morgan fingerprint density at radius 3 is 2.00 bits per heavy atom. The molecule has 7 heteroatoms. The molecule has 1 aliphatic rings. The molecule has 1 fully saturated rings. The molecule has 0 spiro atoms. The predicted octanol–water partition coefficient (Wildman–Crippen LogP) is 5.06. The molecule has 0 aromatic heterocycles. The van der Waals surface area contributed by atoms with E-state index in [4.69, 9.17) is 4.99 Å². The van der Waals surface area contributed by atoms with E-state index in [2.05, 4.69) is 0 Å². The Morgan fingerprint density at radius 1 is 0.844 bits per heavy atom. The summed E-state index contributed by atoms with van der Waals surface area (Å²) in [5.41, 5.74) is 2.51. The first-order valence-electron chi connectivity index (χ1n) is 10.5. The molecule has 0 unspecified atom stereocenters. The molecular formula is C25H24F2N2O2S. The highest BCUT2D eigenvalue weighted by Gasteiger charge is 2.31. The number of piperidine rings is 1. The molecule has 3 aromatic carbocycles. The minimum absolute atomic E-state index is 0.0446. The molecule has 1 saturated heterocycles. The van der Waals surface area contributed by atoms with Crippen LogP contribution in [0.1, 0.15) is 24.0 Å². The van der Waals surface area contributed by atoms with E-state index >= 15 is 0 Å². The van der Waals surface area contributed by atoms with Crippen molar-refractivity contribution in [2.24, 2.45) is 10.9 Å². The van der Waals surface area contributed by atoms with Crippen molar-refractivity contribution in [3.05, 3.63) is 102 Å². The summed E-state index contributed by atoms with van der Waals surface area (Å²) < 4.78 is 54.1. The van der Waals surface area contributed by atoms with Crippen molar-refractivity contribution in [2.75, 3.05) is 13.1 Å². The van der Waals surface area contributed by atoms with Gasteiger partial charge in [-0.05, 0) is 60.4 Å². The van der Waals surface area contributed by atoms with E-state index in [1.54, 1.807) is 54.6 Å². The van der Waals surface area contributed by atoms with Gasteiger partial charge in [0.1, 0.15) is 11.6 Å². The second kappa shape index (κ2) is 9.71. The summed E-state index contributed by atoms with van der Waals surface area (Å²) in [6.45, 7) is 1.15. The monoisotopic (exact) mass is 454 g/mol. The van der Waals surface area contributed by atoms with Crippen LogP contribution in [0.3, 0.4) is 0 Å². The minimum Gasteiger partial charge on any atom is -0.284 e. The zero-order valence-corrected chi connectivity index (χ0v) is 18.3. The third-order valence-corrected chi connectivity index (χ3v) is 7.62. The molecule has 0 aliphatic carbocycles. The number of rotatable bonds is 6. The number of nitrogens with zero attached hydrogens (tertiary/aromatic N) is 2. The summed E-state index contributed by atoms with van der Waals surface area (Å²) in [6.07, 6.45) is 1.23. The van der Waals surface area contributed by atoms with Crippen LogP contribution in [-0.2, 0) is 16.6 Å². The molecule has 4 nitrogen and oxygen atoms in total. The number of benzene rings is 3. The van der Waals surface area contributed by atoms with Crippen LogP contribution in [0.4, 0.5) is 8.78 Å². The topological polar surface area (TPSA) is 49.7 Å². The van der Waals surface area contributed by atoms with Crippen LogP contribution in [-0.4, -0.2) is 31.5 Å². The van der Waals surface area contributed by atoms with Gasteiger partial charge in [-0.1, -0.05) is 42.5 Å².